The smallest absolute Gasteiger partial charge is 0.224 e. The van der Waals surface area contributed by atoms with E-state index >= 15 is 0 Å². The van der Waals surface area contributed by atoms with Crippen molar-refractivity contribution < 1.29 is 4.74 Å². The summed E-state index contributed by atoms with van der Waals surface area (Å²) >= 11 is 6.16. The van der Waals surface area contributed by atoms with Gasteiger partial charge in [0.1, 0.15) is 10.8 Å². The second-order valence-corrected chi connectivity index (χ2v) is 4.25. The summed E-state index contributed by atoms with van der Waals surface area (Å²) in [6, 6.07) is 7.68. The van der Waals surface area contributed by atoms with Crippen molar-refractivity contribution >= 4 is 29.1 Å². The third-order valence-corrected chi connectivity index (χ3v) is 2.98. The SMILES string of the molecule is CNc1ncc(Cl)c(N(C)c2ccccc2OC)n1. The number of nitrogens with zero attached hydrogens (tertiary/aromatic N) is 3. The maximum atomic E-state index is 6.16. The van der Waals surface area contributed by atoms with Gasteiger partial charge in [-0.3, -0.25) is 0 Å². The summed E-state index contributed by atoms with van der Waals surface area (Å²) in [5, 5.41) is 3.37. The van der Waals surface area contributed by atoms with Crippen LogP contribution in [0.15, 0.2) is 30.5 Å². The summed E-state index contributed by atoms with van der Waals surface area (Å²) in [5.74, 6) is 1.89. The fraction of sp³-hybridized carbons (Fsp3) is 0.231. The zero-order chi connectivity index (χ0) is 13.8. The first-order valence-corrected chi connectivity index (χ1v) is 6.12. The Morgan fingerprint density at radius 1 is 1.32 bits per heavy atom. The van der Waals surface area contributed by atoms with Gasteiger partial charge >= 0.3 is 0 Å². The fourth-order valence-electron chi connectivity index (χ4n) is 1.73. The Morgan fingerprint density at radius 2 is 2.05 bits per heavy atom. The van der Waals surface area contributed by atoms with Gasteiger partial charge in [0, 0.05) is 14.1 Å². The van der Waals surface area contributed by atoms with E-state index in [4.69, 9.17) is 16.3 Å². The molecule has 0 fully saturated rings. The Kier molecular flexibility index (Phi) is 4.06. The highest BCUT2D eigenvalue weighted by Gasteiger charge is 2.14. The minimum Gasteiger partial charge on any atom is -0.495 e. The van der Waals surface area contributed by atoms with Crippen LogP contribution in [-0.4, -0.2) is 31.2 Å². The van der Waals surface area contributed by atoms with Gasteiger partial charge in [-0.2, -0.15) is 4.98 Å². The van der Waals surface area contributed by atoms with Crippen molar-refractivity contribution in [2.75, 3.05) is 31.4 Å². The zero-order valence-electron chi connectivity index (χ0n) is 11.0. The van der Waals surface area contributed by atoms with Crippen molar-refractivity contribution in [3.05, 3.63) is 35.5 Å². The van der Waals surface area contributed by atoms with Crippen LogP contribution in [0.3, 0.4) is 0 Å². The van der Waals surface area contributed by atoms with Gasteiger partial charge in [-0.1, -0.05) is 23.7 Å². The normalized spacial score (nSPS) is 10.1. The molecule has 100 valence electrons. The molecule has 1 heterocycles. The van der Waals surface area contributed by atoms with E-state index < -0.39 is 0 Å². The molecule has 0 radical (unpaired) electrons. The quantitative estimate of drug-likeness (QED) is 0.932. The number of hydrogen-bond donors (Lipinski definition) is 1. The number of hydrogen-bond acceptors (Lipinski definition) is 5. The molecule has 1 aromatic heterocycles. The fourth-order valence-corrected chi connectivity index (χ4v) is 1.95. The highest BCUT2D eigenvalue weighted by molar-refractivity contribution is 6.33. The molecule has 2 aromatic rings. The van der Waals surface area contributed by atoms with E-state index in [0.717, 1.165) is 11.4 Å². The van der Waals surface area contributed by atoms with Crippen molar-refractivity contribution in [3.8, 4) is 5.75 Å². The minimum atomic E-state index is 0.479. The number of benzene rings is 1. The minimum absolute atomic E-state index is 0.479. The highest BCUT2D eigenvalue weighted by Crippen LogP contribution is 2.34. The summed E-state index contributed by atoms with van der Waals surface area (Å²) < 4.78 is 5.34. The van der Waals surface area contributed by atoms with Crippen molar-refractivity contribution in [1.29, 1.82) is 0 Å². The number of rotatable bonds is 4. The van der Waals surface area contributed by atoms with Gasteiger partial charge < -0.3 is 15.0 Å². The first-order chi connectivity index (χ1) is 9.17. The van der Waals surface area contributed by atoms with Crippen molar-refractivity contribution in [3.63, 3.8) is 0 Å². The summed E-state index contributed by atoms with van der Waals surface area (Å²) in [4.78, 5) is 10.3. The van der Waals surface area contributed by atoms with Crippen molar-refractivity contribution in [2.45, 2.75) is 0 Å². The van der Waals surface area contributed by atoms with Crippen LogP contribution in [0.25, 0.3) is 0 Å². The third kappa shape index (κ3) is 2.71. The Balaban J connectivity index is 2.46. The lowest BCUT2D eigenvalue weighted by Crippen LogP contribution is -2.14. The highest BCUT2D eigenvalue weighted by atomic mass is 35.5. The van der Waals surface area contributed by atoms with E-state index in [-0.39, 0.29) is 0 Å². The van der Waals surface area contributed by atoms with Crippen LogP contribution >= 0.6 is 11.6 Å². The van der Waals surface area contributed by atoms with E-state index in [1.165, 1.54) is 0 Å². The largest absolute Gasteiger partial charge is 0.495 e. The second-order valence-electron chi connectivity index (χ2n) is 3.85. The number of aromatic nitrogens is 2. The molecule has 2 rings (SSSR count). The van der Waals surface area contributed by atoms with Crippen LogP contribution in [0.5, 0.6) is 5.75 Å². The standard InChI is InChI=1S/C13H15ClN4O/c1-15-13-16-8-9(14)12(17-13)18(2)10-6-4-5-7-11(10)19-3/h4-8H,1-3H3,(H,15,16,17). The Labute approximate surface area is 117 Å². The lowest BCUT2D eigenvalue weighted by molar-refractivity contribution is 0.415. The molecule has 0 aliphatic carbocycles. The predicted octanol–water partition coefficient (Wildman–Crippen LogP) is 2.95. The van der Waals surface area contributed by atoms with Gasteiger partial charge in [0.25, 0.3) is 0 Å². The molecule has 0 bridgehead atoms. The van der Waals surface area contributed by atoms with Crippen molar-refractivity contribution in [1.82, 2.24) is 9.97 Å². The van der Waals surface area contributed by atoms with Gasteiger partial charge in [-0.15, -0.1) is 0 Å². The number of nitrogens with one attached hydrogen (secondary N) is 1. The summed E-state index contributed by atoms with van der Waals surface area (Å²) in [6.45, 7) is 0. The molecule has 0 atom stereocenters. The Morgan fingerprint density at radius 3 is 2.74 bits per heavy atom. The van der Waals surface area contributed by atoms with E-state index in [0.29, 0.717) is 16.8 Å². The van der Waals surface area contributed by atoms with Gasteiger partial charge in [0.15, 0.2) is 5.82 Å². The number of anilines is 3. The molecule has 5 nitrogen and oxygen atoms in total. The molecule has 0 saturated carbocycles. The van der Waals surface area contributed by atoms with E-state index in [1.807, 2.05) is 36.2 Å². The molecule has 0 unspecified atom stereocenters. The molecule has 1 aromatic carbocycles. The third-order valence-electron chi connectivity index (χ3n) is 2.71. The van der Waals surface area contributed by atoms with Gasteiger partial charge in [-0.25, -0.2) is 4.98 Å². The van der Waals surface area contributed by atoms with Gasteiger partial charge in [0.2, 0.25) is 5.95 Å². The average molecular weight is 279 g/mol. The zero-order valence-corrected chi connectivity index (χ0v) is 11.8. The summed E-state index contributed by atoms with van der Waals surface area (Å²) in [7, 11) is 5.27. The predicted molar refractivity (Wildman–Crippen MR) is 77.6 cm³/mol. The number of para-hydroxylation sites is 2. The summed E-state index contributed by atoms with van der Waals surface area (Å²) in [6.07, 6.45) is 1.57. The molecule has 0 aliphatic heterocycles. The molecule has 0 spiro atoms. The Hall–Kier alpha value is -2.01. The van der Waals surface area contributed by atoms with E-state index in [9.17, 15) is 0 Å². The van der Waals surface area contributed by atoms with Gasteiger partial charge in [-0.05, 0) is 12.1 Å². The van der Waals surface area contributed by atoms with Crippen LogP contribution in [-0.2, 0) is 0 Å². The van der Waals surface area contributed by atoms with Crippen LogP contribution < -0.4 is 15.0 Å². The van der Waals surface area contributed by atoms with Crippen molar-refractivity contribution in [2.24, 2.45) is 0 Å². The Bertz CT molecular complexity index is 576. The number of methoxy groups -OCH3 is 1. The lowest BCUT2D eigenvalue weighted by Gasteiger charge is -2.21. The van der Waals surface area contributed by atoms with Crippen LogP contribution in [0.1, 0.15) is 0 Å². The molecule has 0 saturated heterocycles. The molecule has 0 aliphatic rings. The lowest BCUT2D eigenvalue weighted by atomic mass is 10.2. The molecule has 19 heavy (non-hydrogen) atoms. The van der Waals surface area contributed by atoms with E-state index in [1.54, 1.807) is 20.4 Å². The van der Waals surface area contributed by atoms with E-state index in [2.05, 4.69) is 15.3 Å². The maximum absolute atomic E-state index is 6.16. The maximum Gasteiger partial charge on any atom is 0.224 e. The van der Waals surface area contributed by atoms with Crippen LogP contribution in [0.2, 0.25) is 5.02 Å². The average Bonchev–Trinajstić information content (AvgIpc) is 2.47. The second kappa shape index (κ2) is 5.75. The molecular formula is C13H15ClN4O. The monoisotopic (exact) mass is 278 g/mol. The van der Waals surface area contributed by atoms with Crippen LogP contribution in [0.4, 0.5) is 17.5 Å². The molecule has 0 amide bonds. The molecule has 6 heteroatoms. The first kappa shape index (κ1) is 13.4. The first-order valence-electron chi connectivity index (χ1n) is 5.74. The number of halogens is 1. The molecule has 1 N–H and O–H groups in total. The number of ether oxygens (including phenoxy) is 1. The van der Waals surface area contributed by atoms with Gasteiger partial charge in [0.05, 0.1) is 19.0 Å². The molecular weight excluding hydrogens is 264 g/mol. The van der Waals surface area contributed by atoms with Crippen LogP contribution in [0, 0.1) is 0 Å². The summed E-state index contributed by atoms with van der Waals surface area (Å²) in [5.41, 5.74) is 0.882. The topological polar surface area (TPSA) is 50.3 Å².